The Balaban J connectivity index is 0.773. The number of fused-ring (bicyclic) bond motifs is 12. The summed E-state index contributed by atoms with van der Waals surface area (Å²) in [6.07, 6.45) is 17.7. The van der Waals surface area contributed by atoms with Crippen molar-refractivity contribution < 1.29 is 8.83 Å². The maximum Gasteiger partial charge on any atom is 0.135 e. The maximum absolute atomic E-state index is 6.70. The van der Waals surface area contributed by atoms with Crippen molar-refractivity contribution in [2.45, 2.75) is 32.2 Å². The lowest BCUT2D eigenvalue weighted by Gasteiger charge is -2.41. The first-order valence-corrected chi connectivity index (χ1v) is 29.8. The van der Waals surface area contributed by atoms with E-state index in [4.69, 9.17) is 18.8 Å². The number of thiophene rings is 1. The SMILES string of the molecule is CC1C=C(N2c3ccc(-c4ccccc4-c4ccccn4)cc3C3=CC(c4ccc5oc6ccc(-c7cc(-c8ccc9oc%10ccc(-c%11ccccc%11-c%11ccccn%11)cc%10c9c8)cc8c7sc7ccccc78)cc6c5c4)=CCC32C)C=CC1. The molecular formula is C78H53N3O2S. The van der Waals surface area contributed by atoms with Crippen LogP contribution in [0.25, 0.3) is 142 Å². The number of furan rings is 2. The van der Waals surface area contributed by atoms with Crippen LogP contribution in [0.3, 0.4) is 0 Å². The van der Waals surface area contributed by atoms with Crippen molar-refractivity contribution >= 4 is 92.2 Å². The van der Waals surface area contributed by atoms with Gasteiger partial charge in [-0.3, -0.25) is 9.97 Å². The number of allylic oxidation sites excluding steroid dienone is 5. The van der Waals surface area contributed by atoms with Gasteiger partial charge in [0.2, 0.25) is 0 Å². The van der Waals surface area contributed by atoms with E-state index in [9.17, 15) is 0 Å². The average molecular weight is 1100 g/mol. The minimum absolute atomic E-state index is 0.290. The van der Waals surface area contributed by atoms with Crippen LogP contribution in [0.2, 0.25) is 0 Å². The number of pyridine rings is 2. The Hall–Kier alpha value is -10.1. The lowest BCUT2D eigenvalue weighted by Crippen LogP contribution is -2.43. The molecule has 6 heteroatoms. The normalized spacial score (nSPS) is 16.7. The summed E-state index contributed by atoms with van der Waals surface area (Å²) in [4.78, 5) is 12.1. The van der Waals surface area contributed by atoms with Gasteiger partial charge in [-0.25, -0.2) is 0 Å². The van der Waals surface area contributed by atoms with Crippen LogP contribution in [0.1, 0.15) is 37.8 Å². The first-order chi connectivity index (χ1) is 41.4. The largest absolute Gasteiger partial charge is 0.456 e. The van der Waals surface area contributed by atoms with E-state index < -0.39 is 0 Å². The summed E-state index contributed by atoms with van der Waals surface area (Å²) in [6, 6.07) is 76.8. The monoisotopic (exact) mass is 1100 g/mol. The highest BCUT2D eigenvalue weighted by atomic mass is 32.1. The van der Waals surface area contributed by atoms with Crippen LogP contribution < -0.4 is 4.90 Å². The smallest absolute Gasteiger partial charge is 0.135 e. The van der Waals surface area contributed by atoms with E-state index in [2.05, 4.69) is 243 Å². The fraction of sp³-hybridized carbons (Fsp3) is 0.0769. The maximum atomic E-state index is 6.70. The van der Waals surface area contributed by atoms with E-state index in [1.807, 2.05) is 41.9 Å². The van der Waals surface area contributed by atoms with Crippen molar-refractivity contribution in [1.29, 1.82) is 0 Å². The van der Waals surface area contributed by atoms with Gasteiger partial charge in [0.25, 0.3) is 0 Å². The van der Waals surface area contributed by atoms with Crippen molar-refractivity contribution in [2.24, 2.45) is 5.92 Å². The standard InChI is InChI=1S/C78H53N3O2S/c1-47-14-13-15-55(38-47)81-71-29-24-51(56-16-3-5-18-58(56)69-21-9-11-36-79-69)43-67(71)68-46-50(34-35-78(68,81)2)48-25-30-72-62(39-48)65-42-53(28-33-75(65)82-72)61-44-54(45-66-60-20-7-8-23-76(60)84-77(61)66)49-26-31-73-63(40-49)64-41-52(27-32-74(64)83-73)57-17-4-6-19-59(57)70-22-10-12-37-80-70/h3-13,15-34,36-47H,14,35H2,1-2H3. The van der Waals surface area contributed by atoms with E-state index in [0.29, 0.717) is 5.92 Å². The van der Waals surface area contributed by atoms with Crippen LogP contribution in [0.4, 0.5) is 5.69 Å². The van der Waals surface area contributed by atoms with Crippen LogP contribution >= 0.6 is 11.3 Å². The summed E-state index contributed by atoms with van der Waals surface area (Å²) >= 11 is 1.86. The van der Waals surface area contributed by atoms with Gasteiger partial charge in [-0.05, 0) is 197 Å². The molecule has 0 bridgehead atoms. The highest BCUT2D eigenvalue weighted by Gasteiger charge is 2.46. The number of rotatable bonds is 8. The third kappa shape index (κ3) is 7.74. The van der Waals surface area contributed by atoms with Crippen molar-refractivity contribution in [3.63, 3.8) is 0 Å². The summed E-state index contributed by atoms with van der Waals surface area (Å²) in [6.45, 7) is 4.75. The molecular weight excluding hydrogens is 1040 g/mol. The molecule has 5 aromatic heterocycles. The zero-order valence-corrected chi connectivity index (χ0v) is 47.1. The van der Waals surface area contributed by atoms with E-state index >= 15 is 0 Å². The number of hydrogen-bond acceptors (Lipinski definition) is 6. The van der Waals surface area contributed by atoms with Gasteiger partial charge in [0, 0.05) is 87.7 Å². The second-order valence-corrected chi connectivity index (χ2v) is 24.1. The molecule has 5 nitrogen and oxygen atoms in total. The number of hydrogen-bond donors (Lipinski definition) is 0. The Bertz CT molecular complexity index is 5190. The number of benzene rings is 9. The van der Waals surface area contributed by atoms with Gasteiger partial charge >= 0.3 is 0 Å². The second kappa shape index (κ2) is 19.0. The minimum atomic E-state index is -0.290. The quantitative estimate of drug-likeness (QED) is 0.152. The van der Waals surface area contributed by atoms with Crippen molar-refractivity contribution in [3.8, 4) is 67.0 Å². The zero-order chi connectivity index (χ0) is 55.6. The molecule has 84 heavy (non-hydrogen) atoms. The van der Waals surface area contributed by atoms with Crippen molar-refractivity contribution in [3.05, 3.63) is 272 Å². The number of anilines is 1. The molecule has 9 aromatic carbocycles. The van der Waals surface area contributed by atoms with Crippen LogP contribution in [0, 0.1) is 5.92 Å². The Kier molecular flexibility index (Phi) is 11.0. The predicted octanol–water partition coefficient (Wildman–Crippen LogP) is 21.6. The van der Waals surface area contributed by atoms with Gasteiger partial charge in [0.15, 0.2) is 0 Å². The second-order valence-electron chi connectivity index (χ2n) is 23.0. The van der Waals surface area contributed by atoms with Crippen LogP contribution in [-0.2, 0) is 0 Å². The molecule has 398 valence electrons. The molecule has 6 heterocycles. The molecule has 2 unspecified atom stereocenters. The lowest BCUT2D eigenvalue weighted by molar-refractivity contribution is 0.585. The summed E-state index contributed by atoms with van der Waals surface area (Å²) in [7, 11) is 0. The number of aromatic nitrogens is 2. The Morgan fingerprint density at radius 3 is 1.64 bits per heavy atom. The zero-order valence-electron chi connectivity index (χ0n) is 46.3. The van der Waals surface area contributed by atoms with Crippen molar-refractivity contribution in [1.82, 2.24) is 9.97 Å². The third-order valence-corrected chi connectivity index (χ3v) is 19.1. The van der Waals surface area contributed by atoms with Crippen LogP contribution in [0.5, 0.6) is 0 Å². The summed E-state index contributed by atoms with van der Waals surface area (Å²) in [5.74, 6) is 0.462. The molecule has 1 aliphatic heterocycles. The molecule has 0 radical (unpaired) electrons. The predicted molar refractivity (Wildman–Crippen MR) is 351 cm³/mol. The molecule has 0 saturated heterocycles. The van der Waals surface area contributed by atoms with E-state index in [0.717, 1.165) is 107 Å². The molecule has 0 saturated carbocycles. The molecule has 3 aliphatic rings. The van der Waals surface area contributed by atoms with Gasteiger partial charge in [-0.15, -0.1) is 11.3 Å². The molecule has 2 atom stereocenters. The summed E-state index contributed by atoms with van der Waals surface area (Å²) in [5, 5.41) is 6.88. The molecule has 2 aliphatic carbocycles. The summed E-state index contributed by atoms with van der Waals surface area (Å²) < 4.78 is 15.8. The van der Waals surface area contributed by atoms with E-state index in [1.54, 1.807) is 0 Å². The molecule has 0 fully saturated rings. The third-order valence-electron chi connectivity index (χ3n) is 17.9. The molecule has 17 rings (SSSR count). The summed E-state index contributed by atoms with van der Waals surface area (Å²) in [5.41, 5.74) is 24.1. The van der Waals surface area contributed by atoms with Gasteiger partial charge in [-0.2, -0.15) is 0 Å². The molecule has 0 spiro atoms. The Morgan fingerprint density at radius 1 is 0.476 bits per heavy atom. The van der Waals surface area contributed by atoms with E-state index in [1.165, 1.54) is 70.5 Å². The first kappa shape index (κ1) is 48.6. The highest BCUT2D eigenvalue weighted by Crippen LogP contribution is 2.56. The van der Waals surface area contributed by atoms with E-state index in [-0.39, 0.29) is 5.54 Å². The van der Waals surface area contributed by atoms with Crippen molar-refractivity contribution in [2.75, 3.05) is 4.90 Å². The van der Waals surface area contributed by atoms with Gasteiger partial charge < -0.3 is 13.7 Å². The average Bonchev–Trinajstić information content (AvgIpc) is 3.08. The fourth-order valence-corrected chi connectivity index (χ4v) is 15.0. The Labute approximate surface area is 490 Å². The molecule has 0 amide bonds. The van der Waals surface area contributed by atoms with Crippen LogP contribution in [0.15, 0.2) is 270 Å². The highest BCUT2D eigenvalue weighted by molar-refractivity contribution is 7.26. The van der Waals surface area contributed by atoms with Gasteiger partial charge in [0.1, 0.15) is 22.3 Å². The topological polar surface area (TPSA) is 55.3 Å². The minimum Gasteiger partial charge on any atom is -0.456 e. The first-order valence-electron chi connectivity index (χ1n) is 29.0. The molecule has 14 aromatic rings. The van der Waals surface area contributed by atoms with Crippen LogP contribution in [-0.4, -0.2) is 15.5 Å². The van der Waals surface area contributed by atoms with Gasteiger partial charge in [-0.1, -0.05) is 134 Å². The lowest BCUT2D eigenvalue weighted by atomic mass is 9.79. The van der Waals surface area contributed by atoms with Gasteiger partial charge in [0.05, 0.1) is 16.9 Å². The Morgan fingerprint density at radius 2 is 1.00 bits per heavy atom. The number of nitrogens with zero attached hydrogens (tertiary/aromatic N) is 3. The molecule has 0 N–H and O–H groups in total. The fourth-order valence-electron chi connectivity index (χ4n) is 13.8.